The number of aryl methyl sites for hydroxylation is 2. The molecule has 0 spiro atoms. The lowest BCUT2D eigenvalue weighted by Gasteiger charge is -2.20. The second-order valence-electron chi connectivity index (χ2n) is 7.29. The number of hydrogen-bond acceptors (Lipinski definition) is 5. The maximum Gasteiger partial charge on any atom is 0.325 e. The van der Waals surface area contributed by atoms with Gasteiger partial charge in [-0.2, -0.15) is 0 Å². The quantitative estimate of drug-likeness (QED) is 0.807. The molecule has 2 fully saturated rings. The van der Waals surface area contributed by atoms with Crippen molar-refractivity contribution in [1.29, 1.82) is 0 Å². The predicted molar refractivity (Wildman–Crippen MR) is 99.1 cm³/mol. The second kappa shape index (κ2) is 5.77. The van der Waals surface area contributed by atoms with Gasteiger partial charge in [-0.25, -0.2) is 9.78 Å². The van der Waals surface area contributed by atoms with Crippen LogP contribution in [-0.4, -0.2) is 39.8 Å². The number of anilines is 1. The number of imide groups is 1. The highest BCUT2D eigenvalue weighted by Crippen LogP contribution is 2.42. The van der Waals surface area contributed by atoms with Crippen molar-refractivity contribution in [2.75, 3.05) is 11.9 Å². The number of benzene rings is 1. The van der Waals surface area contributed by atoms with Crippen LogP contribution in [0.1, 0.15) is 30.9 Å². The van der Waals surface area contributed by atoms with Gasteiger partial charge in [0.25, 0.3) is 5.91 Å². The van der Waals surface area contributed by atoms with E-state index in [0.717, 1.165) is 39.1 Å². The third-order valence-corrected chi connectivity index (χ3v) is 5.99. The van der Waals surface area contributed by atoms with Crippen LogP contribution in [0.25, 0.3) is 10.2 Å². The van der Waals surface area contributed by atoms with Gasteiger partial charge in [0, 0.05) is 0 Å². The van der Waals surface area contributed by atoms with E-state index < -0.39 is 17.5 Å². The van der Waals surface area contributed by atoms with Gasteiger partial charge in [-0.1, -0.05) is 17.4 Å². The highest BCUT2D eigenvalue weighted by atomic mass is 32.1. The molecule has 1 saturated heterocycles. The zero-order valence-electron chi connectivity index (χ0n) is 14.9. The Hall–Kier alpha value is -2.48. The number of thiazole rings is 1. The number of rotatable bonds is 4. The van der Waals surface area contributed by atoms with Crippen molar-refractivity contribution in [3.05, 3.63) is 23.3 Å². The highest BCUT2D eigenvalue weighted by Gasteiger charge is 2.56. The van der Waals surface area contributed by atoms with Crippen molar-refractivity contribution in [2.45, 2.75) is 39.2 Å². The molecule has 1 saturated carbocycles. The number of nitrogens with one attached hydrogen (secondary N) is 2. The van der Waals surface area contributed by atoms with Gasteiger partial charge in [0.2, 0.25) is 5.91 Å². The molecule has 1 aromatic heterocycles. The summed E-state index contributed by atoms with van der Waals surface area (Å²) in [4.78, 5) is 42.5. The lowest BCUT2D eigenvalue weighted by atomic mass is 9.96. The van der Waals surface area contributed by atoms with E-state index in [1.54, 1.807) is 6.92 Å². The molecule has 2 heterocycles. The number of hydrogen-bond donors (Lipinski definition) is 2. The van der Waals surface area contributed by atoms with Crippen LogP contribution in [0.4, 0.5) is 9.93 Å². The van der Waals surface area contributed by atoms with E-state index in [0.29, 0.717) is 5.13 Å². The summed E-state index contributed by atoms with van der Waals surface area (Å²) in [5.74, 6) is -0.583. The molecule has 4 amide bonds. The maximum absolute atomic E-state index is 12.6. The summed E-state index contributed by atoms with van der Waals surface area (Å²) in [6, 6.07) is 3.56. The van der Waals surface area contributed by atoms with Crippen molar-refractivity contribution >= 4 is 44.5 Å². The van der Waals surface area contributed by atoms with Crippen molar-refractivity contribution < 1.29 is 14.4 Å². The van der Waals surface area contributed by atoms with Crippen molar-refractivity contribution in [3.8, 4) is 0 Å². The number of carbonyl (C=O) groups is 3. The lowest BCUT2D eigenvalue weighted by molar-refractivity contribution is -0.134. The Bertz CT molecular complexity index is 949. The molecular weight excluding hydrogens is 352 g/mol. The van der Waals surface area contributed by atoms with Gasteiger partial charge < -0.3 is 10.6 Å². The van der Waals surface area contributed by atoms with E-state index in [4.69, 9.17) is 0 Å². The van der Waals surface area contributed by atoms with Gasteiger partial charge in [-0.05, 0) is 56.7 Å². The molecule has 136 valence electrons. The molecule has 1 atom stereocenters. The number of urea groups is 1. The molecule has 1 aromatic carbocycles. The van der Waals surface area contributed by atoms with Crippen LogP contribution in [0.2, 0.25) is 0 Å². The Morgan fingerprint density at radius 1 is 1.38 bits per heavy atom. The molecule has 2 aliphatic rings. The van der Waals surface area contributed by atoms with Crippen LogP contribution in [0.3, 0.4) is 0 Å². The second-order valence-corrected chi connectivity index (χ2v) is 8.32. The van der Waals surface area contributed by atoms with Crippen LogP contribution >= 0.6 is 11.3 Å². The first kappa shape index (κ1) is 17.0. The van der Waals surface area contributed by atoms with E-state index in [1.165, 1.54) is 11.3 Å². The van der Waals surface area contributed by atoms with Gasteiger partial charge in [0.15, 0.2) is 5.13 Å². The van der Waals surface area contributed by atoms with Crippen LogP contribution in [0.5, 0.6) is 0 Å². The molecule has 1 aliphatic heterocycles. The van der Waals surface area contributed by atoms with Gasteiger partial charge in [0.05, 0.1) is 10.2 Å². The SMILES string of the molecule is Cc1cc(C)c2nc(NC(=O)CN3C(=O)N[C@](C)(C4CC4)C3=O)sc2c1. The highest BCUT2D eigenvalue weighted by molar-refractivity contribution is 7.22. The van der Waals surface area contributed by atoms with Crippen LogP contribution in [-0.2, 0) is 9.59 Å². The summed E-state index contributed by atoms with van der Waals surface area (Å²) >= 11 is 1.38. The monoisotopic (exact) mass is 372 g/mol. The topological polar surface area (TPSA) is 91.4 Å². The summed E-state index contributed by atoms with van der Waals surface area (Å²) in [6.07, 6.45) is 1.85. The first-order valence-corrected chi connectivity index (χ1v) is 9.41. The average molecular weight is 372 g/mol. The molecule has 26 heavy (non-hydrogen) atoms. The molecule has 0 unspecified atom stereocenters. The Morgan fingerprint density at radius 2 is 2.12 bits per heavy atom. The third-order valence-electron chi connectivity index (χ3n) is 5.07. The summed E-state index contributed by atoms with van der Waals surface area (Å²) in [6.45, 7) is 5.42. The van der Waals surface area contributed by atoms with Crippen LogP contribution in [0.15, 0.2) is 12.1 Å². The average Bonchev–Trinajstić information content (AvgIpc) is 3.30. The Morgan fingerprint density at radius 3 is 2.81 bits per heavy atom. The van der Waals surface area contributed by atoms with Gasteiger partial charge in [-0.15, -0.1) is 0 Å². The van der Waals surface area contributed by atoms with Gasteiger partial charge in [0.1, 0.15) is 12.1 Å². The normalized spacial score (nSPS) is 22.8. The third kappa shape index (κ3) is 2.74. The summed E-state index contributed by atoms with van der Waals surface area (Å²) in [5, 5.41) is 5.92. The molecular formula is C18H20N4O3S. The van der Waals surface area contributed by atoms with Gasteiger partial charge in [-0.3, -0.25) is 14.5 Å². The van der Waals surface area contributed by atoms with Crippen molar-refractivity contribution in [3.63, 3.8) is 0 Å². The van der Waals surface area contributed by atoms with Crippen molar-refractivity contribution in [1.82, 2.24) is 15.2 Å². The Labute approximate surface area is 154 Å². The van der Waals surface area contributed by atoms with Gasteiger partial charge >= 0.3 is 6.03 Å². The number of nitrogens with zero attached hydrogens (tertiary/aromatic N) is 2. The number of carbonyl (C=O) groups excluding carboxylic acids is 3. The lowest BCUT2D eigenvalue weighted by Crippen LogP contribution is -2.46. The van der Waals surface area contributed by atoms with Crippen LogP contribution < -0.4 is 10.6 Å². The Kier molecular flexibility index (Phi) is 3.76. The van der Waals surface area contributed by atoms with E-state index >= 15 is 0 Å². The van der Waals surface area contributed by atoms with E-state index in [9.17, 15) is 14.4 Å². The fourth-order valence-corrected chi connectivity index (χ4v) is 4.58. The molecule has 0 radical (unpaired) electrons. The molecule has 2 aromatic rings. The smallest absolute Gasteiger partial charge is 0.323 e. The predicted octanol–water partition coefficient (Wildman–Crippen LogP) is 2.57. The fraction of sp³-hybridized carbons (Fsp3) is 0.444. The summed E-state index contributed by atoms with van der Waals surface area (Å²) < 4.78 is 0.995. The molecule has 0 bridgehead atoms. The zero-order valence-corrected chi connectivity index (χ0v) is 15.7. The minimum absolute atomic E-state index is 0.169. The number of aromatic nitrogens is 1. The molecule has 8 heteroatoms. The summed E-state index contributed by atoms with van der Waals surface area (Å²) in [5.41, 5.74) is 2.16. The van der Waals surface area contributed by atoms with E-state index in [2.05, 4.69) is 15.6 Å². The van der Waals surface area contributed by atoms with E-state index in [1.807, 2.05) is 26.0 Å². The largest absolute Gasteiger partial charge is 0.325 e. The molecule has 1 aliphatic carbocycles. The van der Waals surface area contributed by atoms with Crippen molar-refractivity contribution in [2.24, 2.45) is 5.92 Å². The zero-order chi connectivity index (χ0) is 18.6. The number of fused-ring (bicyclic) bond motifs is 1. The number of amides is 4. The van der Waals surface area contributed by atoms with E-state index in [-0.39, 0.29) is 18.4 Å². The molecule has 2 N–H and O–H groups in total. The molecule has 7 nitrogen and oxygen atoms in total. The Balaban J connectivity index is 1.48. The summed E-state index contributed by atoms with van der Waals surface area (Å²) in [7, 11) is 0. The molecule has 4 rings (SSSR count). The van der Waals surface area contributed by atoms with Crippen LogP contribution in [0, 0.1) is 19.8 Å². The first-order valence-electron chi connectivity index (χ1n) is 8.59. The first-order chi connectivity index (χ1) is 12.3. The minimum atomic E-state index is -0.873. The minimum Gasteiger partial charge on any atom is -0.323 e. The standard InChI is InChI=1S/C18H20N4O3S/c1-9-6-10(2)14-12(7-9)26-16(20-14)19-13(23)8-22-15(24)18(3,11-4-5-11)21-17(22)25/h6-7,11H,4-5,8H2,1-3H3,(H,21,25)(H,19,20,23)/t18-/m1/s1. The fourth-order valence-electron chi connectivity index (χ4n) is 3.52. The maximum atomic E-state index is 12.6.